The molecule has 0 aliphatic heterocycles. The fraction of sp³-hybridized carbons (Fsp3) is 0.375. The Morgan fingerprint density at radius 1 is 1.38 bits per heavy atom. The van der Waals surface area contributed by atoms with E-state index in [1.54, 1.807) is 0 Å². The third-order valence-corrected chi connectivity index (χ3v) is 1.32. The average molecular weight is 189 g/mol. The summed E-state index contributed by atoms with van der Waals surface area (Å²) >= 11 is 0. The molecule has 0 atom stereocenters. The molecule has 5 heteroatoms. The number of ether oxygens (including phenoxy) is 2. The average Bonchev–Trinajstić information content (AvgIpc) is 2.11. The second-order valence-electron chi connectivity index (χ2n) is 2.28. The van der Waals surface area contributed by atoms with Gasteiger partial charge in [-0.3, -0.25) is 0 Å². The molecule has 0 fully saturated rings. The summed E-state index contributed by atoms with van der Waals surface area (Å²) in [6.07, 6.45) is 0.790. The molecule has 0 aliphatic carbocycles. The lowest BCUT2D eigenvalue weighted by atomic mass is 10.4. The van der Waals surface area contributed by atoms with E-state index in [0.717, 1.165) is 12.3 Å². The highest BCUT2D eigenvalue weighted by Crippen LogP contribution is 2.14. The molecule has 13 heavy (non-hydrogen) atoms. The van der Waals surface area contributed by atoms with Crippen molar-refractivity contribution in [2.75, 3.05) is 20.3 Å². The summed E-state index contributed by atoms with van der Waals surface area (Å²) < 4.78 is 34.8. The van der Waals surface area contributed by atoms with Gasteiger partial charge in [-0.15, -0.1) is 0 Å². The zero-order valence-corrected chi connectivity index (χ0v) is 7.09. The minimum absolute atomic E-state index is 0.165. The Labute approximate surface area is 74.3 Å². The maximum Gasteiger partial charge on any atom is 0.255 e. The molecule has 0 radical (unpaired) electrons. The molecule has 0 saturated heterocycles. The first-order valence-corrected chi connectivity index (χ1v) is 3.67. The number of rotatable bonds is 4. The standard InChI is InChI=1S/C8H9F2NO2/c1-12-2-3-13-7-4-6(9)5-11-8(7)10/h4-5H,2-3H2,1H3. The molecule has 0 amide bonds. The highest BCUT2D eigenvalue weighted by molar-refractivity contribution is 5.18. The molecule has 0 aromatic carbocycles. The van der Waals surface area contributed by atoms with Crippen LogP contribution in [0.5, 0.6) is 5.75 Å². The number of aromatic nitrogens is 1. The lowest BCUT2D eigenvalue weighted by Crippen LogP contribution is -2.06. The van der Waals surface area contributed by atoms with Crippen molar-refractivity contribution in [3.63, 3.8) is 0 Å². The van der Waals surface area contributed by atoms with Crippen molar-refractivity contribution in [2.45, 2.75) is 0 Å². The lowest BCUT2D eigenvalue weighted by molar-refractivity contribution is 0.143. The van der Waals surface area contributed by atoms with Gasteiger partial charge >= 0.3 is 0 Å². The summed E-state index contributed by atoms with van der Waals surface area (Å²) in [4.78, 5) is 3.15. The van der Waals surface area contributed by atoms with Gasteiger partial charge in [-0.05, 0) is 0 Å². The summed E-state index contributed by atoms with van der Waals surface area (Å²) in [5.41, 5.74) is 0. The fourth-order valence-electron chi connectivity index (χ4n) is 0.740. The lowest BCUT2D eigenvalue weighted by Gasteiger charge is -2.05. The first-order chi connectivity index (χ1) is 6.24. The van der Waals surface area contributed by atoms with E-state index < -0.39 is 11.8 Å². The van der Waals surface area contributed by atoms with Crippen LogP contribution in [0.3, 0.4) is 0 Å². The maximum atomic E-state index is 12.8. The summed E-state index contributed by atoms with van der Waals surface area (Å²) in [6.45, 7) is 0.481. The summed E-state index contributed by atoms with van der Waals surface area (Å²) in [5.74, 6) is -1.65. The van der Waals surface area contributed by atoms with Crippen LogP contribution in [-0.4, -0.2) is 25.3 Å². The van der Waals surface area contributed by atoms with Gasteiger partial charge in [0.25, 0.3) is 5.95 Å². The Balaban J connectivity index is 2.59. The number of methoxy groups -OCH3 is 1. The van der Waals surface area contributed by atoms with Crippen molar-refractivity contribution in [1.82, 2.24) is 4.98 Å². The van der Waals surface area contributed by atoms with E-state index in [2.05, 4.69) is 9.72 Å². The second-order valence-corrected chi connectivity index (χ2v) is 2.28. The van der Waals surface area contributed by atoms with Crippen LogP contribution in [0.4, 0.5) is 8.78 Å². The minimum Gasteiger partial charge on any atom is -0.486 e. The third-order valence-electron chi connectivity index (χ3n) is 1.32. The topological polar surface area (TPSA) is 31.4 Å². The highest BCUT2D eigenvalue weighted by atomic mass is 19.1. The van der Waals surface area contributed by atoms with E-state index in [1.807, 2.05) is 0 Å². The first kappa shape index (κ1) is 9.85. The molecule has 1 rings (SSSR count). The molecule has 0 N–H and O–H groups in total. The van der Waals surface area contributed by atoms with Crippen LogP contribution in [0.15, 0.2) is 12.3 Å². The van der Waals surface area contributed by atoms with Crippen molar-refractivity contribution in [2.24, 2.45) is 0 Å². The van der Waals surface area contributed by atoms with Gasteiger partial charge in [-0.1, -0.05) is 0 Å². The highest BCUT2D eigenvalue weighted by Gasteiger charge is 2.05. The molecule has 0 spiro atoms. The fourth-order valence-corrected chi connectivity index (χ4v) is 0.740. The van der Waals surface area contributed by atoms with Crippen molar-refractivity contribution in [3.8, 4) is 5.75 Å². The van der Waals surface area contributed by atoms with Gasteiger partial charge in [0.1, 0.15) is 12.4 Å². The molecule has 0 aliphatic rings. The Morgan fingerprint density at radius 3 is 2.85 bits per heavy atom. The summed E-state index contributed by atoms with van der Waals surface area (Å²) in [7, 11) is 1.49. The van der Waals surface area contributed by atoms with Crippen LogP contribution < -0.4 is 4.74 Å². The number of hydrogen-bond donors (Lipinski definition) is 0. The molecule has 1 aromatic rings. The molecule has 0 bridgehead atoms. The number of nitrogens with zero attached hydrogens (tertiary/aromatic N) is 1. The van der Waals surface area contributed by atoms with Crippen LogP contribution in [0, 0.1) is 11.8 Å². The predicted octanol–water partition coefficient (Wildman–Crippen LogP) is 1.39. The van der Waals surface area contributed by atoms with E-state index >= 15 is 0 Å². The van der Waals surface area contributed by atoms with Gasteiger partial charge in [0.05, 0.1) is 12.8 Å². The Kier molecular flexibility index (Phi) is 3.57. The normalized spacial score (nSPS) is 10.1. The van der Waals surface area contributed by atoms with Crippen molar-refractivity contribution < 1.29 is 18.3 Å². The van der Waals surface area contributed by atoms with E-state index in [9.17, 15) is 8.78 Å². The molecule has 3 nitrogen and oxygen atoms in total. The van der Waals surface area contributed by atoms with Gasteiger partial charge in [0.2, 0.25) is 0 Å². The van der Waals surface area contributed by atoms with Gasteiger partial charge in [-0.25, -0.2) is 9.37 Å². The number of hydrogen-bond acceptors (Lipinski definition) is 3. The van der Waals surface area contributed by atoms with Crippen molar-refractivity contribution in [1.29, 1.82) is 0 Å². The van der Waals surface area contributed by atoms with E-state index in [4.69, 9.17) is 4.74 Å². The summed E-state index contributed by atoms with van der Waals surface area (Å²) in [6, 6.07) is 0.942. The third kappa shape index (κ3) is 2.95. The quantitative estimate of drug-likeness (QED) is 0.529. The maximum absolute atomic E-state index is 12.8. The smallest absolute Gasteiger partial charge is 0.255 e. The summed E-state index contributed by atoms with van der Waals surface area (Å²) in [5, 5.41) is 0. The Bertz CT molecular complexity index is 281. The SMILES string of the molecule is COCCOc1cc(F)cnc1F. The van der Waals surface area contributed by atoms with Crippen LogP contribution in [0.2, 0.25) is 0 Å². The first-order valence-electron chi connectivity index (χ1n) is 3.67. The van der Waals surface area contributed by atoms with Gasteiger partial charge < -0.3 is 9.47 Å². The van der Waals surface area contributed by atoms with E-state index in [0.29, 0.717) is 6.61 Å². The predicted molar refractivity (Wildman–Crippen MR) is 41.5 cm³/mol. The van der Waals surface area contributed by atoms with Crippen LogP contribution >= 0.6 is 0 Å². The second kappa shape index (κ2) is 4.71. The molecule has 1 aromatic heterocycles. The van der Waals surface area contributed by atoms with Crippen LogP contribution in [0.25, 0.3) is 0 Å². The van der Waals surface area contributed by atoms with E-state index in [1.165, 1.54) is 7.11 Å². The monoisotopic (exact) mass is 189 g/mol. The molecule has 72 valence electrons. The van der Waals surface area contributed by atoms with Gasteiger partial charge in [0, 0.05) is 13.2 Å². The van der Waals surface area contributed by atoms with Gasteiger partial charge in [0.15, 0.2) is 5.75 Å². The number of halogens is 2. The molecule has 0 saturated carbocycles. The van der Waals surface area contributed by atoms with Crippen LogP contribution in [-0.2, 0) is 4.74 Å². The van der Waals surface area contributed by atoms with Crippen molar-refractivity contribution >= 4 is 0 Å². The van der Waals surface area contributed by atoms with E-state index in [-0.39, 0.29) is 12.4 Å². The Hall–Kier alpha value is -1.23. The largest absolute Gasteiger partial charge is 0.486 e. The Morgan fingerprint density at radius 2 is 2.15 bits per heavy atom. The minimum atomic E-state index is -0.822. The number of pyridine rings is 1. The van der Waals surface area contributed by atoms with Gasteiger partial charge in [-0.2, -0.15) is 4.39 Å². The van der Waals surface area contributed by atoms with Crippen LogP contribution in [0.1, 0.15) is 0 Å². The zero-order valence-electron chi connectivity index (χ0n) is 7.09. The molecular weight excluding hydrogens is 180 g/mol. The van der Waals surface area contributed by atoms with Crippen molar-refractivity contribution in [3.05, 3.63) is 24.0 Å². The molecule has 0 unspecified atom stereocenters. The molecular formula is C8H9F2NO2. The molecule has 1 heterocycles. The zero-order chi connectivity index (χ0) is 9.68.